The number of aryl methyl sites for hydroxylation is 1. The molecule has 4 heteroatoms. The van der Waals surface area contributed by atoms with Crippen LogP contribution in [0.25, 0.3) is 5.69 Å². The fourth-order valence-corrected chi connectivity index (χ4v) is 2.20. The van der Waals surface area contributed by atoms with Crippen LogP contribution in [0.2, 0.25) is 0 Å². The van der Waals surface area contributed by atoms with E-state index in [1.807, 2.05) is 22.9 Å². The normalized spacial score (nSPS) is 14.6. The van der Waals surface area contributed by atoms with Crippen molar-refractivity contribution in [2.45, 2.75) is 20.0 Å². The summed E-state index contributed by atoms with van der Waals surface area (Å²) in [6.45, 7) is 3.37. The van der Waals surface area contributed by atoms with Gasteiger partial charge in [-0.15, -0.1) is 0 Å². The molecule has 1 aromatic heterocycles. The van der Waals surface area contributed by atoms with E-state index < -0.39 is 0 Å². The molecule has 0 radical (unpaired) electrons. The van der Waals surface area contributed by atoms with Gasteiger partial charge in [-0.2, -0.15) is 5.10 Å². The summed E-state index contributed by atoms with van der Waals surface area (Å²) in [4.78, 5) is 0. The topological polar surface area (TPSA) is 53.1 Å². The first-order chi connectivity index (χ1) is 8.27. The van der Waals surface area contributed by atoms with E-state index in [1.54, 1.807) is 0 Å². The van der Waals surface area contributed by atoms with Gasteiger partial charge in [-0.1, -0.05) is 18.2 Å². The molecular weight excluding hydrogens is 214 g/mol. The first kappa shape index (κ1) is 10.4. The fraction of sp³-hybridized carbons (Fsp3) is 0.308. The monoisotopic (exact) mass is 229 g/mol. The molecule has 88 valence electrons. The van der Waals surface area contributed by atoms with Gasteiger partial charge in [0.1, 0.15) is 5.82 Å². The lowest BCUT2D eigenvalue weighted by molar-refractivity contribution is 0.110. The summed E-state index contributed by atoms with van der Waals surface area (Å²) in [5.41, 5.74) is 10.5. The zero-order valence-corrected chi connectivity index (χ0v) is 9.81. The molecule has 3 rings (SSSR count). The van der Waals surface area contributed by atoms with Crippen LogP contribution >= 0.6 is 0 Å². The minimum absolute atomic E-state index is 0.576. The van der Waals surface area contributed by atoms with Crippen molar-refractivity contribution in [1.82, 2.24) is 9.78 Å². The molecule has 0 bridgehead atoms. The molecule has 0 fully saturated rings. The van der Waals surface area contributed by atoms with E-state index >= 15 is 0 Å². The summed E-state index contributed by atoms with van der Waals surface area (Å²) in [7, 11) is 0. The van der Waals surface area contributed by atoms with Gasteiger partial charge in [0.15, 0.2) is 0 Å². The van der Waals surface area contributed by atoms with Crippen LogP contribution in [0.5, 0.6) is 0 Å². The van der Waals surface area contributed by atoms with E-state index in [4.69, 9.17) is 10.5 Å². The maximum Gasteiger partial charge on any atom is 0.133 e. The highest BCUT2D eigenvalue weighted by Gasteiger charge is 2.20. The third kappa shape index (κ3) is 1.61. The zero-order valence-electron chi connectivity index (χ0n) is 9.81. The summed E-state index contributed by atoms with van der Waals surface area (Å²) < 4.78 is 7.25. The number of nitrogens with zero attached hydrogens (tertiary/aromatic N) is 2. The van der Waals surface area contributed by atoms with Gasteiger partial charge in [0.25, 0.3) is 0 Å². The number of ether oxygens (including phenoxy) is 1. The van der Waals surface area contributed by atoms with Crippen LogP contribution in [0, 0.1) is 6.92 Å². The second-order valence-electron chi connectivity index (χ2n) is 4.31. The molecule has 0 saturated carbocycles. The van der Waals surface area contributed by atoms with Crippen LogP contribution < -0.4 is 5.73 Å². The molecule has 0 atom stereocenters. The van der Waals surface area contributed by atoms with Crippen molar-refractivity contribution in [3.8, 4) is 5.69 Å². The highest BCUT2D eigenvalue weighted by Crippen LogP contribution is 2.26. The van der Waals surface area contributed by atoms with Gasteiger partial charge in [-0.05, 0) is 18.6 Å². The van der Waals surface area contributed by atoms with Crippen molar-refractivity contribution < 1.29 is 4.74 Å². The average Bonchev–Trinajstić information content (AvgIpc) is 2.68. The van der Waals surface area contributed by atoms with Crippen molar-refractivity contribution >= 4 is 5.82 Å². The Hall–Kier alpha value is -1.81. The van der Waals surface area contributed by atoms with E-state index in [1.165, 1.54) is 5.56 Å². The zero-order chi connectivity index (χ0) is 11.8. The minimum atomic E-state index is 0.576. The SMILES string of the molecule is Cc1ccccc1-n1nc2c(c1N)COCC2. The molecule has 0 saturated heterocycles. The number of rotatable bonds is 1. The Labute approximate surface area is 100 Å². The Morgan fingerprint density at radius 3 is 2.94 bits per heavy atom. The number of anilines is 1. The van der Waals surface area contributed by atoms with E-state index in [0.29, 0.717) is 12.4 Å². The van der Waals surface area contributed by atoms with Gasteiger partial charge in [0.05, 0.1) is 24.6 Å². The molecule has 17 heavy (non-hydrogen) atoms. The van der Waals surface area contributed by atoms with Crippen molar-refractivity contribution in [3.63, 3.8) is 0 Å². The van der Waals surface area contributed by atoms with Crippen molar-refractivity contribution in [1.29, 1.82) is 0 Å². The Bertz CT molecular complexity index is 560. The molecule has 1 aromatic carbocycles. The molecule has 1 aliphatic rings. The number of nitrogens with two attached hydrogens (primary N) is 1. The standard InChI is InChI=1S/C13H15N3O/c1-9-4-2-3-5-12(9)16-13(14)10-8-17-7-6-11(10)15-16/h2-5H,6-8,14H2,1H3. The third-order valence-electron chi connectivity index (χ3n) is 3.18. The van der Waals surface area contributed by atoms with Gasteiger partial charge < -0.3 is 10.5 Å². The highest BCUT2D eigenvalue weighted by molar-refractivity contribution is 5.52. The Morgan fingerprint density at radius 1 is 1.35 bits per heavy atom. The van der Waals surface area contributed by atoms with Crippen LogP contribution in [-0.4, -0.2) is 16.4 Å². The number of aromatic nitrogens is 2. The molecule has 0 aliphatic carbocycles. The van der Waals surface area contributed by atoms with Crippen LogP contribution in [-0.2, 0) is 17.8 Å². The van der Waals surface area contributed by atoms with E-state index in [2.05, 4.69) is 18.1 Å². The second kappa shape index (κ2) is 3.89. The predicted octanol–water partition coefficient (Wildman–Crippen LogP) is 1.84. The maximum absolute atomic E-state index is 6.15. The molecule has 4 nitrogen and oxygen atoms in total. The number of para-hydroxylation sites is 1. The van der Waals surface area contributed by atoms with E-state index in [-0.39, 0.29) is 0 Å². The predicted molar refractivity (Wildman–Crippen MR) is 66.1 cm³/mol. The molecule has 0 amide bonds. The van der Waals surface area contributed by atoms with Crippen LogP contribution in [0.15, 0.2) is 24.3 Å². The summed E-state index contributed by atoms with van der Waals surface area (Å²) in [6.07, 6.45) is 0.846. The second-order valence-corrected chi connectivity index (χ2v) is 4.31. The Balaban J connectivity index is 2.16. The minimum Gasteiger partial charge on any atom is -0.383 e. The van der Waals surface area contributed by atoms with Crippen molar-refractivity contribution in [2.75, 3.05) is 12.3 Å². The third-order valence-corrected chi connectivity index (χ3v) is 3.18. The summed E-state index contributed by atoms with van der Waals surface area (Å²) in [5.74, 6) is 0.703. The Morgan fingerprint density at radius 2 is 2.18 bits per heavy atom. The summed E-state index contributed by atoms with van der Waals surface area (Å²) in [6, 6.07) is 8.11. The first-order valence-electron chi connectivity index (χ1n) is 5.77. The van der Waals surface area contributed by atoms with Gasteiger partial charge in [0, 0.05) is 12.0 Å². The lowest BCUT2D eigenvalue weighted by atomic mass is 10.1. The van der Waals surface area contributed by atoms with E-state index in [0.717, 1.165) is 30.0 Å². The molecule has 1 aliphatic heterocycles. The lowest BCUT2D eigenvalue weighted by Gasteiger charge is -2.10. The largest absolute Gasteiger partial charge is 0.383 e. The van der Waals surface area contributed by atoms with Crippen molar-refractivity contribution in [2.24, 2.45) is 0 Å². The highest BCUT2D eigenvalue weighted by atomic mass is 16.5. The van der Waals surface area contributed by atoms with E-state index in [9.17, 15) is 0 Å². The van der Waals surface area contributed by atoms with Crippen molar-refractivity contribution in [3.05, 3.63) is 41.1 Å². The summed E-state index contributed by atoms with van der Waals surface area (Å²) >= 11 is 0. The quantitative estimate of drug-likeness (QED) is 0.811. The van der Waals surface area contributed by atoms with Gasteiger partial charge >= 0.3 is 0 Å². The lowest BCUT2D eigenvalue weighted by Crippen LogP contribution is -2.09. The maximum atomic E-state index is 6.15. The molecule has 0 unspecified atom stereocenters. The average molecular weight is 229 g/mol. The van der Waals surface area contributed by atoms with Gasteiger partial charge in [-0.25, -0.2) is 4.68 Å². The first-order valence-corrected chi connectivity index (χ1v) is 5.77. The van der Waals surface area contributed by atoms with Crippen LogP contribution in [0.4, 0.5) is 5.82 Å². The molecule has 0 spiro atoms. The number of hydrogen-bond donors (Lipinski definition) is 1. The molecule has 2 N–H and O–H groups in total. The fourth-order valence-electron chi connectivity index (χ4n) is 2.20. The number of hydrogen-bond acceptors (Lipinski definition) is 3. The smallest absolute Gasteiger partial charge is 0.133 e. The molecular formula is C13H15N3O. The number of nitrogen functional groups attached to an aromatic ring is 1. The number of benzene rings is 1. The van der Waals surface area contributed by atoms with Crippen LogP contribution in [0.1, 0.15) is 16.8 Å². The van der Waals surface area contributed by atoms with Gasteiger partial charge in [0.2, 0.25) is 0 Å². The number of fused-ring (bicyclic) bond motifs is 1. The molecule has 2 aromatic rings. The summed E-state index contributed by atoms with van der Waals surface area (Å²) in [5, 5.41) is 4.59. The van der Waals surface area contributed by atoms with Gasteiger partial charge in [-0.3, -0.25) is 0 Å². The van der Waals surface area contributed by atoms with Crippen LogP contribution in [0.3, 0.4) is 0 Å². The molecule has 2 heterocycles. The Kier molecular flexibility index (Phi) is 2.37.